The molecule has 3 aromatic rings. The van der Waals surface area contributed by atoms with Crippen LogP contribution in [0.25, 0.3) is 0 Å². The van der Waals surface area contributed by atoms with Gasteiger partial charge in [0, 0.05) is 11.0 Å². The standard InChI is InChI=1S/C33H38O4/c1-21-18-27(12-14-29(21)36-7)33(17-16-32(5,6)23(3)20-33)28-13-15-30(22(2)19-28)37-31(35)26-10-8-25(9-11-26)24(4)34/h8-15,18-19,23H,16-17,20H2,1-7H3. The van der Waals surface area contributed by atoms with Gasteiger partial charge in [0.05, 0.1) is 12.7 Å². The molecule has 0 radical (unpaired) electrons. The highest BCUT2D eigenvalue weighted by atomic mass is 16.5. The molecule has 4 heteroatoms. The minimum absolute atomic E-state index is 0.0345. The molecule has 194 valence electrons. The molecule has 1 aliphatic carbocycles. The van der Waals surface area contributed by atoms with E-state index >= 15 is 0 Å². The lowest BCUT2D eigenvalue weighted by Gasteiger charge is -2.49. The summed E-state index contributed by atoms with van der Waals surface area (Å²) < 4.78 is 11.3. The Hall–Kier alpha value is -3.40. The second-order valence-electron chi connectivity index (χ2n) is 11.4. The maximum absolute atomic E-state index is 12.8. The van der Waals surface area contributed by atoms with Crippen LogP contribution in [0, 0.1) is 25.2 Å². The number of rotatable bonds is 6. The van der Waals surface area contributed by atoms with E-state index in [-0.39, 0.29) is 16.6 Å². The molecule has 2 atom stereocenters. The first kappa shape index (κ1) is 26.7. The van der Waals surface area contributed by atoms with Crippen LogP contribution in [-0.4, -0.2) is 18.9 Å². The van der Waals surface area contributed by atoms with Gasteiger partial charge in [0.1, 0.15) is 11.5 Å². The highest BCUT2D eigenvalue weighted by Crippen LogP contribution is 2.53. The third kappa shape index (κ3) is 5.20. The van der Waals surface area contributed by atoms with Crippen LogP contribution in [0.1, 0.15) is 89.9 Å². The number of carbonyl (C=O) groups excluding carboxylic acids is 2. The molecule has 0 heterocycles. The van der Waals surface area contributed by atoms with Crippen molar-refractivity contribution in [3.63, 3.8) is 0 Å². The molecule has 0 aliphatic heterocycles. The van der Waals surface area contributed by atoms with E-state index in [4.69, 9.17) is 9.47 Å². The summed E-state index contributed by atoms with van der Waals surface area (Å²) in [5.41, 5.74) is 5.77. The quantitative estimate of drug-likeness (QED) is 0.197. The van der Waals surface area contributed by atoms with E-state index in [9.17, 15) is 9.59 Å². The molecule has 0 saturated heterocycles. The maximum atomic E-state index is 12.8. The van der Waals surface area contributed by atoms with Gasteiger partial charge in [0.25, 0.3) is 0 Å². The fourth-order valence-electron chi connectivity index (χ4n) is 5.61. The topological polar surface area (TPSA) is 52.6 Å². The number of aryl methyl sites for hydroxylation is 2. The highest BCUT2D eigenvalue weighted by Gasteiger charge is 2.45. The number of hydrogen-bond acceptors (Lipinski definition) is 4. The summed E-state index contributed by atoms with van der Waals surface area (Å²) in [5.74, 6) is 1.53. The zero-order chi connectivity index (χ0) is 27.0. The number of ketones is 1. The lowest BCUT2D eigenvalue weighted by molar-refractivity contribution is 0.0732. The van der Waals surface area contributed by atoms with Gasteiger partial charge in [-0.15, -0.1) is 0 Å². The van der Waals surface area contributed by atoms with Crippen molar-refractivity contribution in [1.82, 2.24) is 0 Å². The van der Waals surface area contributed by atoms with Crippen LogP contribution >= 0.6 is 0 Å². The van der Waals surface area contributed by atoms with Crippen molar-refractivity contribution in [2.24, 2.45) is 11.3 Å². The van der Waals surface area contributed by atoms with Crippen molar-refractivity contribution in [2.45, 2.75) is 66.2 Å². The third-order valence-electron chi connectivity index (χ3n) is 8.59. The molecule has 4 nitrogen and oxygen atoms in total. The summed E-state index contributed by atoms with van der Waals surface area (Å²) in [6.07, 6.45) is 3.23. The number of benzene rings is 3. The largest absolute Gasteiger partial charge is 0.496 e. The summed E-state index contributed by atoms with van der Waals surface area (Å²) in [4.78, 5) is 24.3. The number of methoxy groups -OCH3 is 1. The van der Waals surface area contributed by atoms with Gasteiger partial charge in [-0.1, -0.05) is 57.2 Å². The van der Waals surface area contributed by atoms with Crippen molar-refractivity contribution in [1.29, 1.82) is 0 Å². The van der Waals surface area contributed by atoms with Gasteiger partial charge < -0.3 is 9.47 Å². The van der Waals surface area contributed by atoms with E-state index in [2.05, 4.69) is 58.0 Å². The third-order valence-corrected chi connectivity index (χ3v) is 8.59. The van der Waals surface area contributed by atoms with Crippen molar-refractivity contribution < 1.29 is 19.1 Å². The van der Waals surface area contributed by atoms with Gasteiger partial charge in [-0.05, 0) is 97.9 Å². The predicted octanol–water partition coefficient (Wildman–Crippen LogP) is 7.87. The van der Waals surface area contributed by atoms with Crippen molar-refractivity contribution in [3.05, 3.63) is 94.0 Å². The SMILES string of the molecule is COc1ccc(C2(c3ccc(OC(=O)c4ccc(C(C)=O)cc4)c(C)c3)CCC(C)(C)C(C)C2)cc1C. The number of hydrogen-bond donors (Lipinski definition) is 0. The molecule has 37 heavy (non-hydrogen) atoms. The number of Topliss-reactive ketones (excluding diaryl/α,β-unsaturated/α-hetero) is 1. The molecule has 0 bridgehead atoms. The monoisotopic (exact) mass is 498 g/mol. The first-order chi connectivity index (χ1) is 17.5. The van der Waals surface area contributed by atoms with E-state index in [1.807, 2.05) is 13.0 Å². The van der Waals surface area contributed by atoms with Crippen LogP contribution in [0.5, 0.6) is 11.5 Å². The first-order valence-corrected chi connectivity index (χ1v) is 13.1. The van der Waals surface area contributed by atoms with Crippen molar-refractivity contribution in [2.75, 3.05) is 7.11 Å². The number of carbonyl (C=O) groups is 2. The normalized spacial score (nSPS) is 20.8. The van der Waals surface area contributed by atoms with Crippen LogP contribution in [0.2, 0.25) is 0 Å². The molecular weight excluding hydrogens is 460 g/mol. The van der Waals surface area contributed by atoms with Gasteiger partial charge in [0.15, 0.2) is 5.78 Å². The summed E-state index contributed by atoms with van der Waals surface area (Å²) in [6, 6.07) is 19.4. The smallest absolute Gasteiger partial charge is 0.343 e. The fourth-order valence-corrected chi connectivity index (χ4v) is 5.61. The Balaban J connectivity index is 1.68. The molecule has 0 spiro atoms. The minimum atomic E-state index is -0.431. The fraction of sp³-hybridized carbons (Fsp3) is 0.394. The first-order valence-electron chi connectivity index (χ1n) is 13.1. The van der Waals surface area contributed by atoms with E-state index < -0.39 is 5.97 Å². The number of ether oxygens (including phenoxy) is 2. The lowest BCUT2D eigenvalue weighted by Crippen LogP contribution is -2.41. The van der Waals surface area contributed by atoms with Gasteiger partial charge in [-0.25, -0.2) is 4.79 Å². The van der Waals surface area contributed by atoms with Crippen molar-refractivity contribution in [3.8, 4) is 11.5 Å². The molecule has 0 aromatic heterocycles. The summed E-state index contributed by atoms with van der Waals surface area (Å²) in [6.45, 7) is 12.7. The molecule has 1 saturated carbocycles. The second-order valence-corrected chi connectivity index (χ2v) is 11.4. The zero-order valence-corrected chi connectivity index (χ0v) is 23.1. The molecule has 0 N–H and O–H groups in total. The predicted molar refractivity (Wildman–Crippen MR) is 148 cm³/mol. The Bertz CT molecular complexity index is 1320. The number of esters is 1. The summed E-state index contributed by atoms with van der Waals surface area (Å²) in [5, 5.41) is 0. The Labute approximate surface area is 221 Å². The molecule has 2 unspecified atom stereocenters. The van der Waals surface area contributed by atoms with Crippen LogP contribution < -0.4 is 9.47 Å². The van der Waals surface area contributed by atoms with E-state index in [1.165, 1.54) is 18.1 Å². The molecule has 1 aliphatic rings. The van der Waals surface area contributed by atoms with E-state index in [0.717, 1.165) is 36.1 Å². The minimum Gasteiger partial charge on any atom is -0.496 e. The Kier molecular flexibility index (Phi) is 7.32. The van der Waals surface area contributed by atoms with Crippen LogP contribution in [0.3, 0.4) is 0 Å². The Morgan fingerprint density at radius 3 is 1.84 bits per heavy atom. The molecule has 0 amide bonds. The maximum Gasteiger partial charge on any atom is 0.343 e. The molecular formula is C33H38O4. The Morgan fingerprint density at radius 1 is 0.811 bits per heavy atom. The van der Waals surface area contributed by atoms with Crippen molar-refractivity contribution >= 4 is 11.8 Å². The van der Waals surface area contributed by atoms with Gasteiger partial charge in [-0.2, -0.15) is 0 Å². The average molecular weight is 499 g/mol. The van der Waals surface area contributed by atoms with E-state index in [1.54, 1.807) is 31.4 Å². The molecule has 1 fully saturated rings. The van der Waals surface area contributed by atoms with Gasteiger partial charge >= 0.3 is 5.97 Å². The lowest BCUT2D eigenvalue weighted by atomic mass is 9.55. The van der Waals surface area contributed by atoms with Gasteiger partial charge in [0.2, 0.25) is 0 Å². The summed E-state index contributed by atoms with van der Waals surface area (Å²) in [7, 11) is 1.71. The van der Waals surface area contributed by atoms with E-state index in [0.29, 0.717) is 22.8 Å². The molecule has 3 aromatic carbocycles. The molecule has 4 rings (SSSR count). The second kappa shape index (κ2) is 10.2. The Morgan fingerprint density at radius 2 is 1.35 bits per heavy atom. The highest BCUT2D eigenvalue weighted by molar-refractivity contribution is 5.96. The van der Waals surface area contributed by atoms with Crippen LogP contribution in [0.15, 0.2) is 60.7 Å². The zero-order valence-electron chi connectivity index (χ0n) is 23.1. The summed E-state index contributed by atoms with van der Waals surface area (Å²) >= 11 is 0. The van der Waals surface area contributed by atoms with Crippen LogP contribution in [0.4, 0.5) is 0 Å². The average Bonchev–Trinajstić information content (AvgIpc) is 2.87. The van der Waals surface area contributed by atoms with Gasteiger partial charge in [-0.3, -0.25) is 4.79 Å². The van der Waals surface area contributed by atoms with Crippen LogP contribution in [-0.2, 0) is 5.41 Å².